The van der Waals surface area contributed by atoms with Crippen molar-refractivity contribution < 1.29 is 31.1 Å². The number of alkyl halides is 3. The molecule has 1 fully saturated rings. The molecule has 5 rings (SSSR count). The number of benzene rings is 2. The van der Waals surface area contributed by atoms with Crippen LogP contribution >= 0.6 is 0 Å². The van der Waals surface area contributed by atoms with Crippen LogP contribution in [0.5, 0.6) is 5.75 Å². The highest BCUT2D eigenvalue weighted by Gasteiger charge is 2.44. The molecule has 2 aromatic carbocycles. The average Bonchev–Trinajstić information content (AvgIpc) is 3.13. The Morgan fingerprint density at radius 3 is 2.41 bits per heavy atom. The first-order valence-electron chi connectivity index (χ1n) is 12.5. The number of aromatic amines is 1. The molecular weight excluding hydrogens is 496 g/mol. The number of aromatic nitrogens is 1. The molecule has 0 spiro atoms. The first-order valence-corrected chi connectivity index (χ1v) is 12.5. The molecular formula is C27H29F6N3O. The van der Waals surface area contributed by atoms with E-state index in [1.807, 2.05) is 0 Å². The number of nitrogens with zero attached hydrogens (tertiary/aromatic N) is 2. The summed E-state index contributed by atoms with van der Waals surface area (Å²) in [6.07, 6.45) is -2.50. The third kappa shape index (κ3) is 5.18. The molecule has 3 aromatic rings. The summed E-state index contributed by atoms with van der Waals surface area (Å²) in [4.78, 5) is 6.26. The Hall–Kier alpha value is -2.72. The van der Waals surface area contributed by atoms with Gasteiger partial charge in [-0.15, -0.1) is 0 Å². The first-order chi connectivity index (χ1) is 17.5. The zero-order valence-corrected chi connectivity index (χ0v) is 20.6. The molecule has 37 heavy (non-hydrogen) atoms. The quantitative estimate of drug-likeness (QED) is 0.365. The normalized spacial score (nSPS) is 21.3. The van der Waals surface area contributed by atoms with Gasteiger partial charge in [-0.3, -0.25) is 9.80 Å². The second-order valence-electron chi connectivity index (χ2n) is 10.1. The van der Waals surface area contributed by atoms with Crippen LogP contribution in [0.4, 0.5) is 26.3 Å². The minimum atomic E-state index is -4.59. The summed E-state index contributed by atoms with van der Waals surface area (Å²) in [6.45, 7) is 4.56. The van der Waals surface area contributed by atoms with Gasteiger partial charge in [-0.25, -0.2) is 13.2 Å². The Morgan fingerprint density at radius 2 is 1.76 bits per heavy atom. The maximum absolute atomic E-state index is 15.5. The van der Waals surface area contributed by atoms with Gasteiger partial charge < -0.3 is 9.72 Å². The van der Waals surface area contributed by atoms with Gasteiger partial charge in [0.05, 0.1) is 12.6 Å². The van der Waals surface area contributed by atoms with Crippen molar-refractivity contribution in [2.45, 2.75) is 57.5 Å². The van der Waals surface area contributed by atoms with E-state index in [0.717, 1.165) is 36.4 Å². The molecule has 3 heterocycles. The minimum absolute atomic E-state index is 0.00376. The standard InChI is InChI=1S/C27H29F6N3O/c1-3-4-7-35-12-18(13-35)37-17-10-21(29)24(22(30)11-17)26-25-20(8-15(2)36(26)14-27(31,32)33)19-9-16(28)5-6-23(19)34-25/h5-6,9-11,15,18,26,34H,3-4,7-8,12-14H2,1-2H3/t15-,26-/m0/s1. The molecule has 2 aliphatic rings. The Balaban J connectivity index is 1.51. The molecule has 2 atom stereocenters. The predicted molar refractivity (Wildman–Crippen MR) is 128 cm³/mol. The molecule has 0 radical (unpaired) electrons. The largest absolute Gasteiger partial charge is 0.488 e. The van der Waals surface area contributed by atoms with Crippen LogP contribution in [0, 0.1) is 17.5 Å². The van der Waals surface area contributed by atoms with Crippen LogP contribution in [0.1, 0.15) is 49.6 Å². The fourth-order valence-electron chi connectivity index (χ4n) is 5.54. The number of unbranched alkanes of at least 4 members (excludes halogenated alkanes) is 1. The lowest BCUT2D eigenvalue weighted by molar-refractivity contribution is -0.155. The third-order valence-electron chi connectivity index (χ3n) is 7.31. The van der Waals surface area contributed by atoms with Crippen molar-refractivity contribution in [1.29, 1.82) is 0 Å². The molecule has 4 nitrogen and oxygen atoms in total. The SMILES string of the molecule is CCCCN1CC(Oc2cc(F)c([C@H]3c4[nH]c5ccc(F)cc5c4C[C@H](C)N3CC(F)(F)F)c(F)c2)C1. The van der Waals surface area contributed by atoms with Gasteiger partial charge in [0.1, 0.15) is 29.3 Å². The van der Waals surface area contributed by atoms with Crippen LogP contribution in [-0.2, 0) is 6.42 Å². The van der Waals surface area contributed by atoms with Gasteiger partial charge in [-0.2, -0.15) is 13.2 Å². The van der Waals surface area contributed by atoms with E-state index in [2.05, 4.69) is 16.8 Å². The molecule has 0 unspecified atom stereocenters. The van der Waals surface area contributed by atoms with E-state index >= 15 is 8.78 Å². The van der Waals surface area contributed by atoms with Gasteiger partial charge >= 0.3 is 6.18 Å². The topological polar surface area (TPSA) is 31.5 Å². The summed E-state index contributed by atoms with van der Waals surface area (Å²) in [5.41, 5.74) is 0.802. The van der Waals surface area contributed by atoms with E-state index in [1.165, 1.54) is 18.2 Å². The number of H-pyrrole nitrogens is 1. The van der Waals surface area contributed by atoms with Gasteiger partial charge in [-0.05, 0) is 50.1 Å². The second-order valence-corrected chi connectivity index (χ2v) is 10.1. The highest BCUT2D eigenvalue weighted by molar-refractivity contribution is 5.85. The van der Waals surface area contributed by atoms with Crippen molar-refractivity contribution in [2.24, 2.45) is 0 Å². The molecule has 0 saturated carbocycles. The Bertz CT molecular complexity index is 1260. The molecule has 1 aromatic heterocycles. The van der Waals surface area contributed by atoms with Gasteiger partial charge in [0.15, 0.2) is 0 Å². The van der Waals surface area contributed by atoms with Crippen molar-refractivity contribution in [1.82, 2.24) is 14.8 Å². The Labute approximate surface area is 211 Å². The maximum Gasteiger partial charge on any atom is 0.401 e. The minimum Gasteiger partial charge on any atom is -0.488 e. The van der Waals surface area contributed by atoms with Gasteiger partial charge in [-0.1, -0.05) is 13.3 Å². The van der Waals surface area contributed by atoms with Crippen molar-refractivity contribution in [3.63, 3.8) is 0 Å². The molecule has 200 valence electrons. The number of fused-ring (bicyclic) bond motifs is 3. The lowest BCUT2D eigenvalue weighted by Gasteiger charge is -2.41. The molecule has 0 amide bonds. The highest BCUT2D eigenvalue weighted by Crippen LogP contribution is 2.44. The number of ether oxygens (including phenoxy) is 1. The number of hydrogen-bond donors (Lipinski definition) is 1. The molecule has 2 aliphatic heterocycles. The third-order valence-corrected chi connectivity index (χ3v) is 7.31. The molecule has 1 N–H and O–H groups in total. The average molecular weight is 526 g/mol. The molecule has 1 saturated heterocycles. The lowest BCUT2D eigenvalue weighted by Crippen LogP contribution is -2.53. The summed E-state index contributed by atoms with van der Waals surface area (Å²) in [5.74, 6) is -2.47. The number of rotatable bonds is 7. The van der Waals surface area contributed by atoms with E-state index in [0.29, 0.717) is 29.6 Å². The van der Waals surface area contributed by atoms with Crippen LogP contribution in [0.3, 0.4) is 0 Å². The van der Waals surface area contributed by atoms with Gasteiger partial charge in [0, 0.05) is 53.4 Å². The molecule has 0 aliphatic carbocycles. The van der Waals surface area contributed by atoms with E-state index < -0.39 is 47.8 Å². The van der Waals surface area contributed by atoms with Crippen LogP contribution in [0.15, 0.2) is 30.3 Å². The van der Waals surface area contributed by atoms with Crippen molar-refractivity contribution >= 4 is 10.9 Å². The first kappa shape index (κ1) is 25.9. The van der Waals surface area contributed by atoms with Crippen molar-refractivity contribution in [3.8, 4) is 5.75 Å². The van der Waals surface area contributed by atoms with Crippen molar-refractivity contribution in [3.05, 3.63) is 64.6 Å². The summed E-state index contributed by atoms with van der Waals surface area (Å²) in [5, 5.41) is 0.497. The molecule has 0 bridgehead atoms. The predicted octanol–water partition coefficient (Wildman–Crippen LogP) is 6.35. The number of hydrogen-bond acceptors (Lipinski definition) is 3. The maximum atomic E-state index is 15.5. The Morgan fingerprint density at radius 1 is 1.05 bits per heavy atom. The second kappa shape index (κ2) is 9.87. The fourth-order valence-corrected chi connectivity index (χ4v) is 5.54. The van der Waals surface area contributed by atoms with E-state index in [1.54, 1.807) is 6.92 Å². The van der Waals surface area contributed by atoms with E-state index in [9.17, 15) is 17.6 Å². The van der Waals surface area contributed by atoms with Crippen LogP contribution < -0.4 is 4.74 Å². The lowest BCUT2D eigenvalue weighted by atomic mass is 9.88. The fraction of sp³-hybridized carbons (Fsp3) is 0.481. The zero-order valence-electron chi connectivity index (χ0n) is 20.6. The summed E-state index contributed by atoms with van der Waals surface area (Å²) < 4.78 is 91.6. The van der Waals surface area contributed by atoms with E-state index in [-0.39, 0.29) is 24.0 Å². The monoisotopic (exact) mass is 525 g/mol. The summed E-state index contributed by atoms with van der Waals surface area (Å²) in [6, 6.07) is 4.00. The summed E-state index contributed by atoms with van der Waals surface area (Å²) >= 11 is 0. The van der Waals surface area contributed by atoms with Crippen LogP contribution in [-0.4, -0.2) is 59.3 Å². The smallest absolute Gasteiger partial charge is 0.401 e. The Kier molecular flexibility index (Phi) is 6.91. The van der Waals surface area contributed by atoms with Crippen LogP contribution in [0.2, 0.25) is 0 Å². The number of halogens is 6. The highest BCUT2D eigenvalue weighted by atomic mass is 19.4. The van der Waals surface area contributed by atoms with Crippen LogP contribution in [0.25, 0.3) is 10.9 Å². The number of nitrogens with one attached hydrogen (secondary N) is 1. The zero-order chi connectivity index (χ0) is 26.5. The molecule has 10 heteroatoms. The van der Waals surface area contributed by atoms with E-state index in [4.69, 9.17) is 4.74 Å². The van der Waals surface area contributed by atoms with Gasteiger partial charge in [0.25, 0.3) is 0 Å². The number of likely N-dealkylation sites (tertiary alicyclic amines) is 1. The summed E-state index contributed by atoms with van der Waals surface area (Å²) in [7, 11) is 0. The van der Waals surface area contributed by atoms with Crippen molar-refractivity contribution in [2.75, 3.05) is 26.2 Å². The van der Waals surface area contributed by atoms with Gasteiger partial charge in [0.2, 0.25) is 0 Å².